The Bertz CT molecular complexity index is 672. The first-order valence-electron chi connectivity index (χ1n) is 8.39. The maximum absolute atomic E-state index is 12.9. The Morgan fingerprint density at radius 2 is 2.09 bits per heavy atom. The summed E-state index contributed by atoms with van der Waals surface area (Å²) in [5, 5.41) is 3.47. The van der Waals surface area contributed by atoms with E-state index in [0.717, 1.165) is 30.7 Å². The van der Waals surface area contributed by atoms with Gasteiger partial charge in [-0.1, -0.05) is 0 Å². The minimum atomic E-state index is -3.42. The van der Waals surface area contributed by atoms with E-state index in [1.165, 1.54) is 0 Å². The van der Waals surface area contributed by atoms with Crippen molar-refractivity contribution in [3.8, 4) is 5.75 Å². The normalized spacial score (nSPS) is 25.6. The van der Waals surface area contributed by atoms with Gasteiger partial charge in [-0.15, -0.1) is 0 Å². The highest BCUT2D eigenvalue weighted by Crippen LogP contribution is 2.30. The highest BCUT2D eigenvalue weighted by Gasteiger charge is 2.37. The van der Waals surface area contributed by atoms with Crippen molar-refractivity contribution in [2.75, 3.05) is 19.6 Å². The maximum Gasteiger partial charge on any atom is 0.243 e. The zero-order valence-electron chi connectivity index (χ0n) is 14.1. The Hall–Kier alpha value is -1.11. The van der Waals surface area contributed by atoms with Gasteiger partial charge in [0.1, 0.15) is 5.75 Å². The number of hydrogen-bond donors (Lipinski definition) is 1. The second-order valence-electron chi connectivity index (χ2n) is 6.86. The SMILES string of the molecule is Cc1cc(S(=O)(=O)N2CCC3NCCC3C2)ccc1OC(C)C. The van der Waals surface area contributed by atoms with Crippen molar-refractivity contribution in [1.82, 2.24) is 9.62 Å². The van der Waals surface area contributed by atoms with Crippen LogP contribution in [0.25, 0.3) is 0 Å². The van der Waals surface area contributed by atoms with E-state index in [-0.39, 0.29) is 6.10 Å². The summed E-state index contributed by atoms with van der Waals surface area (Å²) in [7, 11) is -3.42. The first-order valence-corrected chi connectivity index (χ1v) is 9.83. The van der Waals surface area contributed by atoms with Gasteiger partial charge in [0, 0.05) is 19.1 Å². The Labute approximate surface area is 139 Å². The molecule has 0 bridgehead atoms. The van der Waals surface area contributed by atoms with Crippen LogP contribution in [0, 0.1) is 12.8 Å². The van der Waals surface area contributed by atoms with E-state index >= 15 is 0 Å². The van der Waals surface area contributed by atoms with Crippen molar-refractivity contribution in [3.63, 3.8) is 0 Å². The third kappa shape index (κ3) is 3.39. The van der Waals surface area contributed by atoms with Gasteiger partial charge in [0.05, 0.1) is 11.0 Å². The fraction of sp³-hybridized carbons (Fsp3) is 0.647. The van der Waals surface area contributed by atoms with Crippen LogP contribution in [0.15, 0.2) is 23.1 Å². The van der Waals surface area contributed by atoms with Gasteiger partial charge < -0.3 is 10.1 Å². The molecule has 0 amide bonds. The molecule has 128 valence electrons. The predicted octanol–water partition coefficient (Wildman–Crippen LogP) is 2.15. The molecule has 1 aromatic carbocycles. The van der Waals surface area contributed by atoms with Crippen molar-refractivity contribution in [2.24, 2.45) is 5.92 Å². The topological polar surface area (TPSA) is 58.6 Å². The Morgan fingerprint density at radius 1 is 1.30 bits per heavy atom. The summed E-state index contributed by atoms with van der Waals surface area (Å²) < 4.78 is 33.2. The summed E-state index contributed by atoms with van der Waals surface area (Å²) in [5.74, 6) is 1.20. The molecule has 2 aliphatic rings. The van der Waals surface area contributed by atoms with Crippen molar-refractivity contribution in [1.29, 1.82) is 0 Å². The molecular formula is C17H26N2O3S. The summed E-state index contributed by atoms with van der Waals surface area (Å²) in [6, 6.07) is 5.65. The van der Waals surface area contributed by atoms with Crippen LogP contribution in [-0.2, 0) is 10.0 Å². The van der Waals surface area contributed by atoms with Crippen molar-refractivity contribution in [2.45, 2.75) is 50.7 Å². The average Bonchev–Trinajstić information content (AvgIpc) is 2.96. The lowest BCUT2D eigenvalue weighted by atomic mass is 9.95. The van der Waals surface area contributed by atoms with Crippen molar-refractivity contribution in [3.05, 3.63) is 23.8 Å². The number of aryl methyl sites for hydroxylation is 1. The molecular weight excluding hydrogens is 312 g/mol. The van der Waals surface area contributed by atoms with Crippen LogP contribution in [0.5, 0.6) is 5.75 Å². The van der Waals surface area contributed by atoms with Crippen LogP contribution < -0.4 is 10.1 Å². The third-order valence-corrected chi connectivity index (χ3v) is 6.63. The second-order valence-corrected chi connectivity index (χ2v) is 8.79. The molecule has 5 nitrogen and oxygen atoms in total. The summed E-state index contributed by atoms with van der Waals surface area (Å²) >= 11 is 0. The molecule has 0 radical (unpaired) electrons. The van der Waals surface area contributed by atoms with Crippen molar-refractivity contribution >= 4 is 10.0 Å². The molecule has 23 heavy (non-hydrogen) atoms. The van der Waals surface area contributed by atoms with Crippen LogP contribution in [0.4, 0.5) is 0 Å². The van der Waals surface area contributed by atoms with Crippen LogP contribution >= 0.6 is 0 Å². The molecule has 2 saturated heterocycles. The number of piperidine rings is 1. The zero-order chi connectivity index (χ0) is 16.6. The summed E-state index contributed by atoms with van der Waals surface area (Å²) in [6.45, 7) is 8.05. The van der Waals surface area contributed by atoms with E-state index in [1.807, 2.05) is 20.8 Å². The fourth-order valence-electron chi connectivity index (χ4n) is 3.55. The van der Waals surface area contributed by atoms with Gasteiger partial charge in [0.25, 0.3) is 0 Å². The fourth-order valence-corrected chi connectivity index (χ4v) is 5.15. The first kappa shape index (κ1) is 16.7. The number of nitrogens with one attached hydrogen (secondary N) is 1. The van der Waals surface area contributed by atoms with E-state index in [0.29, 0.717) is 29.9 Å². The number of ether oxygens (including phenoxy) is 1. The standard InChI is InChI=1S/C17H26N2O3S/c1-12(2)22-17-5-4-15(10-13(17)3)23(20,21)19-9-7-16-14(11-19)6-8-18-16/h4-5,10,12,14,16,18H,6-9,11H2,1-3H3. The predicted molar refractivity (Wildman–Crippen MR) is 90.2 cm³/mol. The summed E-state index contributed by atoms with van der Waals surface area (Å²) in [4.78, 5) is 0.371. The van der Waals surface area contributed by atoms with Crippen LogP contribution in [-0.4, -0.2) is 44.5 Å². The highest BCUT2D eigenvalue weighted by atomic mass is 32.2. The van der Waals surface area contributed by atoms with E-state index in [1.54, 1.807) is 22.5 Å². The van der Waals surface area contributed by atoms with Crippen LogP contribution in [0.1, 0.15) is 32.3 Å². The third-order valence-electron chi connectivity index (χ3n) is 4.77. The number of rotatable bonds is 4. The quantitative estimate of drug-likeness (QED) is 0.914. The van der Waals surface area contributed by atoms with Gasteiger partial charge in [0.15, 0.2) is 0 Å². The molecule has 0 spiro atoms. The molecule has 0 saturated carbocycles. The zero-order valence-corrected chi connectivity index (χ0v) is 14.9. The number of hydrogen-bond acceptors (Lipinski definition) is 4. The molecule has 0 aromatic heterocycles. The molecule has 6 heteroatoms. The molecule has 0 aliphatic carbocycles. The number of benzene rings is 1. The molecule has 1 aromatic rings. The van der Waals surface area contributed by atoms with Crippen LogP contribution in [0.2, 0.25) is 0 Å². The van der Waals surface area contributed by atoms with Gasteiger partial charge in [-0.2, -0.15) is 4.31 Å². The van der Waals surface area contributed by atoms with Gasteiger partial charge in [0.2, 0.25) is 10.0 Å². The summed E-state index contributed by atoms with van der Waals surface area (Å²) in [6.07, 6.45) is 2.04. The van der Waals surface area contributed by atoms with E-state index in [9.17, 15) is 8.42 Å². The first-order chi connectivity index (χ1) is 10.9. The Morgan fingerprint density at radius 3 is 2.78 bits per heavy atom. The lowest BCUT2D eigenvalue weighted by Gasteiger charge is -2.34. The molecule has 2 unspecified atom stereocenters. The second kappa shape index (κ2) is 6.42. The van der Waals surface area contributed by atoms with Gasteiger partial charge in [-0.05, 0) is 69.8 Å². The van der Waals surface area contributed by atoms with Gasteiger partial charge in [-0.25, -0.2) is 8.42 Å². The lowest BCUT2D eigenvalue weighted by Crippen LogP contribution is -2.46. The average molecular weight is 338 g/mol. The smallest absolute Gasteiger partial charge is 0.243 e. The Balaban J connectivity index is 1.81. The molecule has 1 N–H and O–H groups in total. The molecule has 3 rings (SSSR count). The number of sulfonamides is 1. The summed E-state index contributed by atoms with van der Waals surface area (Å²) in [5.41, 5.74) is 0.859. The van der Waals surface area contributed by atoms with E-state index in [4.69, 9.17) is 4.74 Å². The minimum Gasteiger partial charge on any atom is -0.491 e. The largest absolute Gasteiger partial charge is 0.491 e. The maximum atomic E-state index is 12.9. The number of nitrogens with zero attached hydrogens (tertiary/aromatic N) is 1. The van der Waals surface area contributed by atoms with Gasteiger partial charge >= 0.3 is 0 Å². The van der Waals surface area contributed by atoms with Crippen LogP contribution in [0.3, 0.4) is 0 Å². The highest BCUT2D eigenvalue weighted by molar-refractivity contribution is 7.89. The number of fused-ring (bicyclic) bond motifs is 1. The monoisotopic (exact) mass is 338 g/mol. The minimum absolute atomic E-state index is 0.0741. The molecule has 2 fully saturated rings. The Kier molecular flexibility index (Phi) is 4.67. The van der Waals surface area contributed by atoms with E-state index in [2.05, 4.69) is 5.32 Å². The van der Waals surface area contributed by atoms with E-state index < -0.39 is 10.0 Å². The lowest BCUT2D eigenvalue weighted by molar-refractivity contribution is 0.240. The molecule has 2 heterocycles. The van der Waals surface area contributed by atoms with Gasteiger partial charge in [-0.3, -0.25) is 0 Å². The molecule has 2 aliphatic heterocycles. The van der Waals surface area contributed by atoms with Crippen molar-refractivity contribution < 1.29 is 13.2 Å². The molecule has 2 atom stereocenters.